The Bertz CT molecular complexity index is 649. The molecule has 0 aliphatic carbocycles. The van der Waals surface area contributed by atoms with Crippen LogP contribution in [-0.2, 0) is 29.0 Å². The lowest BCUT2D eigenvalue weighted by atomic mass is 10.0. The first kappa shape index (κ1) is 14.8. The smallest absolute Gasteiger partial charge is 0.325 e. The molecule has 1 amide bonds. The summed E-state index contributed by atoms with van der Waals surface area (Å²) in [5.74, 6) is -0.792. The molecule has 0 fully saturated rings. The van der Waals surface area contributed by atoms with Crippen molar-refractivity contribution in [1.29, 1.82) is 0 Å². The standard InChI is InChI=1S/C15H17N3O3/c1-2-11-5-3-4-6-12(11)9-14(19)16-13-7-8-18(17-13)10-15(20)21/h3-8H,2,9-10H2,1H3,(H,20,21)(H,16,17,19). The summed E-state index contributed by atoms with van der Waals surface area (Å²) in [6.45, 7) is 1.82. The number of aromatic nitrogens is 2. The van der Waals surface area contributed by atoms with E-state index in [2.05, 4.69) is 10.4 Å². The van der Waals surface area contributed by atoms with Crippen molar-refractivity contribution in [3.63, 3.8) is 0 Å². The number of aliphatic carboxylic acids is 1. The van der Waals surface area contributed by atoms with Gasteiger partial charge in [0.2, 0.25) is 5.91 Å². The van der Waals surface area contributed by atoms with Gasteiger partial charge in [-0.2, -0.15) is 5.10 Å². The third kappa shape index (κ3) is 4.17. The van der Waals surface area contributed by atoms with Crippen LogP contribution in [0.1, 0.15) is 18.1 Å². The largest absolute Gasteiger partial charge is 0.480 e. The Labute approximate surface area is 122 Å². The molecule has 1 heterocycles. The Hall–Kier alpha value is -2.63. The molecule has 1 aromatic heterocycles. The lowest BCUT2D eigenvalue weighted by Gasteiger charge is -2.07. The molecule has 0 bridgehead atoms. The number of carboxylic acids is 1. The van der Waals surface area contributed by atoms with Gasteiger partial charge >= 0.3 is 5.97 Å². The minimum atomic E-state index is -0.979. The summed E-state index contributed by atoms with van der Waals surface area (Å²) in [6.07, 6.45) is 2.66. The van der Waals surface area contributed by atoms with Gasteiger partial charge in [-0.05, 0) is 17.5 Å². The van der Waals surface area contributed by atoms with Crippen LogP contribution in [0.4, 0.5) is 5.82 Å². The molecule has 0 saturated heterocycles. The number of carbonyl (C=O) groups excluding carboxylic acids is 1. The van der Waals surface area contributed by atoms with Gasteiger partial charge in [0.15, 0.2) is 5.82 Å². The summed E-state index contributed by atoms with van der Waals surface area (Å²) in [5.41, 5.74) is 2.13. The molecule has 0 atom stereocenters. The second-order valence-electron chi connectivity index (χ2n) is 4.64. The summed E-state index contributed by atoms with van der Waals surface area (Å²) in [4.78, 5) is 22.6. The number of hydrogen-bond acceptors (Lipinski definition) is 3. The van der Waals surface area contributed by atoms with Crippen LogP contribution in [0, 0.1) is 0 Å². The summed E-state index contributed by atoms with van der Waals surface area (Å²) < 4.78 is 1.26. The number of aryl methyl sites for hydroxylation is 1. The van der Waals surface area contributed by atoms with Crippen molar-refractivity contribution in [1.82, 2.24) is 9.78 Å². The molecule has 0 aliphatic heterocycles. The van der Waals surface area contributed by atoms with E-state index in [0.717, 1.165) is 17.5 Å². The maximum absolute atomic E-state index is 12.0. The van der Waals surface area contributed by atoms with E-state index in [0.29, 0.717) is 5.82 Å². The number of hydrogen-bond donors (Lipinski definition) is 2. The van der Waals surface area contributed by atoms with Crippen LogP contribution in [-0.4, -0.2) is 26.8 Å². The minimum absolute atomic E-state index is 0.170. The summed E-state index contributed by atoms with van der Waals surface area (Å²) in [6, 6.07) is 9.37. The molecule has 110 valence electrons. The number of nitrogens with one attached hydrogen (secondary N) is 1. The number of nitrogens with zero attached hydrogens (tertiary/aromatic N) is 2. The number of rotatable bonds is 6. The van der Waals surface area contributed by atoms with Gasteiger partial charge in [0.05, 0.1) is 6.42 Å². The van der Waals surface area contributed by atoms with Gasteiger partial charge in [-0.15, -0.1) is 0 Å². The summed E-state index contributed by atoms with van der Waals surface area (Å²) in [7, 11) is 0. The van der Waals surface area contributed by atoms with E-state index >= 15 is 0 Å². The van der Waals surface area contributed by atoms with Crippen molar-refractivity contribution < 1.29 is 14.7 Å². The normalized spacial score (nSPS) is 10.3. The first-order valence-corrected chi connectivity index (χ1v) is 6.70. The molecule has 2 N–H and O–H groups in total. The van der Waals surface area contributed by atoms with E-state index in [1.54, 1.807) is 6.07 Å². The molecule has 0 unspecified atom stereocenters. The Morgan fingerprint density at radius 3 is 2.62 bits per heavy atom. The van der Waals surface area contributed by atoms with Gasteiger partial charge in [-0.3, -0.25) is 14.3 Å². The average molecular weight is 287 g/mol. The van der Waals surface area contributed by atoms with Gasteiger partial charge in [0, 0.05) is 12.3 Å². The Kier molecular flexibility index (Phi) is 4.71. The highest BCUT2D eigenvalue weighted by molar-refractivity contribution is 5.91. The Morgan fingerprint density at radius 2 is 1.95 bits per heavy atom. The van der Waals surface area contributed by atoms with Crippen molar-refractivity contribution in [2.75, 3.05) is 5.32 Å². The number of amides is 1. The zero-order valence-corrected chi connectivity index (χ0v) is 11.7. The maximum Gasteiger partial charge on any atom is 0.325 e. The van der Waals surface area contributed by atoms with Crippen LogP contribution in [0.3, 0.4) is 0 Å². The van der Waals surface area contributed by atoms with E-state index in [-0.39, 0.29) is 18.9 Å². The zero-order chi connectivity index (χ0) is 15.2. The number of anilines is 1. The molecular weight excluding hydrogens is 270 g/mol. The van der Waals surface area contributed by atoms with Crippen molar-refractivity contribution in [2.45, 2.75) is 26.3 Å². The van der Waals surface area contributed by atoms with Crippen molar-refractivity contribution >= 4 is 17.7 Å². The van der Waals surface area contributed by atoms with E-state index in [1.165, 1.54) is 10.9 Å². The number of carboxylic acid groups (broad SMARTS) is 1. The Morgan fingerprint density at radius 1 is 1.24 bits per heavy atom. The maximum atomic E-state index is 12.0. The fraction of sp³-hybridized carbons (Fsp3) is 0.267. The quantitative estimate of drug-likeness (QED) is 0.847. The molecule has 2 aromatic rings. The monoisotopic (exact) mass is 287 g/mol. The van der Waals surface area contributed by atoms with Crippen molar-refractivity contribution in [2.24, 2.45) is 0 Å². The van der Waals surface area contributed by atoms with Gasteiger partial charge in [0.1, 0.15) is 6.54 Å². The summed E-state index contributed by atoms with van der Waals surface area (Å²) >= 11 is 0. The SMILES string of the molecule is CCc1ccccc1CC(=O)Nc1ccn(CC(=O)O)n1. The third-order valence-corrected chi connectivity index (χ3v) is 3.06. The predicted octanol–water partition coefficient (Wildman–Crippen LogP) is 1.71. The van der Waals surface area contributed by atoms with E-state index in [1.807, 2.05) is 31.2 Å². The number of benzene rings is 1. The average Bonchev–Trinajstić information content (AvgIpc) is 2.85. The molecular formula is C15H17N3O3. The summed E-state index contributed by atoms with van der Waals surface area (Å²) in [5, 5.41) is 15.3. The number of carbonyl (C=O) groups is 2. The highest BCUT2D eigenvalue weighted by atomic mass is 16.4. The molecule has 0 spiro atoms. The molecule has 0 radical (unpaired) electrons. The van der Waals surface area contributed by atoms with Gasteiger partial charge in [-0.25, -0.2) is 0 Å². The zero-order valence-electron chi connectivity index (χ0n) is 11.7. The van der Waals surface area contributed by atoms with Crippen LogP contribution < -0.4 is 5.32 Å². The highest BCUT2D eigenvalue weighted by Gasteiger charge is 2.09. The lowest BCUT2D eigenvalue weighted by Crippen LogP contribution is -2.16. The second kappa shape index (κ2) is 6.69. The van der Waals surface area contributed by atoms with E-state index in [4.69, 9.17) is 5.11 Å². The van der Waals surface area contributed by atoms with Crippen LogP contribution in [0.15, 0.2) is 36.5 Å². The minimum Gasteiger partial charge on any atom is -0.480 e. The molecule has 21 heavy (non-hydrogen) atoms. The first-order chi connectivity index (χ1) is 10.1. The van der Waals surface area contributed by atoms with Crippen LogP contribution in [0.25, 0.3) is 0 Å². The fourth-order valence-electron chi connectivity index (χ4n) is 2.09. The predicted molar refractivity (Wildman–Crippen MR) is 78.0 cm³/mol. The fourth-order valence-corrected chi connectivity index (χ4v) is 2.09. The lowest BCUT2D eigenvalue weighted by molar-refractivity contribution is -0.137. The van der Waals surface area contributed by atoms with Gasteiger partial charge in [0.25, 0.3) is 0 Å². The van der Waals surface area contributed by atoms with Gasteiger partial charge < -0.3 is 10.4 Å². The topological polar surface area (TPSA) is 84.2 Å². The van der Waals surface area contributed by atoms with Crippen molar-refractivity contribution in [3.05, 3.63) is 47.7 Å². The van der Waals surface area contributed by atoms with E-state index in [9.17, 15) is 9.59 Å². The van der Waals surface area contributed by atoms with Crippen LogP contribution >= 0.6 is 0 Å². The van der Waals surface area contributed by atoms with E-state index < -0.39 is 5.97 Å². The molecule has 6 heteroatoms. The molecule has 2 rings (SSSR count). The highest BCUT2D eigenvalue weighted by Crippen LogP contribution is 2.11. The van der Waals surface area contributed by atoms with Crippen molar-refractivity contribution in [3.8, 4) is 0 Å². The second-order valence-corrected chi connectivity index (χ2v) is 4.64. The van der Waals surface area contributed by atoms with Crippen LogP contribution in [0.2, 0.25) is 0 Å². The van der Waals surface area contributed by atoms with Crippen LogP contribution in [0.5, 0.6) is 0 Å². The Balaban J connectivity index is 1.98. The molecule has 0 saturated carbocycles. The molecule has 1 aromatic carbocycles. The molecule has 0 aliphatic rings. The third-order valence-electron chi connectivity index (χ3n) is 3.06. The molecule has 6 nitrogen and oxygen atoms in total. The van der Waals surface area contributed by atoms with Gasteiger partial charge in [-0.1, -0.05) is 31.2 Å². The first-order valence-electron chi connectivity index (χ1n) is 6.70.